The molecule has 7 nitrogen and oxygen atoms in total. The van der Waals surface area contributed by atoms with E-state index in [1.807, 2.05) is 31.2 Å². The van der Waals surface area contributed by atoms with E-state index < -0.39 is 6.10 Å². The molecule has 0 aliphatic carbocycles. The number of morpholine rings is 1. The molecule has 2 rings (SSSR count). The molecule has 0 saturated carbocycles. The van der Waals surface area contributed by atoms with Crippen molar-refractivity contribution in [3.8, 4) is 0 Å². The van der Waals surface area contributed by atoms with Crippen LogP contribution in [-0.2, 0) is 14.3 Å². The Morgan fingerprint density at radius 1 is 1.19 bits per heavy atom. The molecule has 26 heavy (non-hydrogen) atoms. The number of nitrogens with zero attached hydrogens (tertiary/aromatic N) is 1. The number of carbonyl (C=O) groups is 2. The first-order valence-electron chi connectivity index (χ1n) is 8.72. The minimum absolute atomic E-state index is 0.140. The standard InChI is InChI=1S/C18H27N3O4S/c1-14-2-4-15(5-3-14)20-18(24)13-26-12-17(23)19-10-16(22)11-21-6-8-25-9-7-21/h2-5,16,22H,6-13H2,1H3,(H,19,23)(H,20,24). The van der Waals surface area contributed by atoms with Gasteiger partial charge >= 0.3 is 0 Å². The van der Waals surface area contributed by atoms with Crippen LogP contribution in [0, 0.1) is 6.92 Å². The van der Waals surface area contributed by atoms with Crippen LogP contribution in [0.2, 0.25) is 0 Å². The summed E-state index contributed by atoms with van der Waals surface area (Å²) in [4.78, 5) is 25.8. The molecule has 0 aromatic heterocycles. The number of amides is 2. The van der Waals surface area contributed by atoms with Gasteiger partial charge in [-0.2, -0.15) is 0 Å². The van der Waals surface area contributed by atoms with Crippen LogP contribution in [0.15, 0.2) is 24.3 Å². The third-order valence-corrected chi connectivity index (χ3v) is 4.84. The Bertz CT molecular complexity index is 576. The molecule has 2 amide bonds. The van der Waals surface area contributed by atoms with E-state index in [0.717, 1.165) is 24.3 Å². The topological polar surface area (TPSA) is 90.9 Å². The largest absolute Gasteiger partial charge is 0.390 e. The summed E-state index contributed by atoms with van der Waals surface area (Å²) in [5, 5.41) is 15.5. The minimum atomic E-state index is -0.605. The van der Waals surface area contributed by atoms with Crippen LogP contribution in [0.5, 0.6) is 0 Å². The molecule has 1 unspecified atom stereocenters. The van der Waals surface area contributed by atoms with Crippen molar-refractivity contribution in [1.82, 2.24) is 10.2 Å². The number of ether oxygens (including phenoxy) is 1. The van der Waals surface area contributed by atoms with Crippen molar-refractivity contribution < 1.29 is 19.4 Å². The van der Waals surface area contributed by atoms with Crippen LogP contribution in [0.25, 0.3) is 0 Å². The first kappa shape index (κ1) is 20.7. The second kappa shape index (κ2) is 11.2. The van der Waals surface area contributed by atoms with Gasteiger partial charge in [0.15, 0.2) is 0 Å². The van der Waals surface area contributed by atoms with Gasteiger partial charge in [0.2, 0.25) is 11.8 Å². The second-order valence-electron chi connectivity index (χ2n) is 6.28. The maximum absolute atomic E-state index is 11.8. The number of nitrogens with one attached hydrogen (secondary N) is 2. The zero-order chi connectivity index (χ0) is 18.8. The smallest absolute Gasteiger partial charge is 0.234 e. The minimum Gasteiger partial charge on any atom is -0.390 e. The van der Waals surface area contributed by atoms with Crippen molar-refractivity contribution in [3.63, 3.8) is 0 Å². The highest BCUT2D eigenvalue weighted by molar-refractivity contribution is 8.00. The Labute approximate surface area is 158 Å². The lowest BCUT2D eigenvalue weighted by Crippen LogP contribution is -2.44. The normalized spacial score (nSPS) is 16.1. The lowest BCUT2D eigenvalue weighted by Gasteiger charge is -2.28. The fraction of sp³-hybridized carbons (Fsp3) is 0.556. The zero-order valence-corrected chi connectivity index (χ0v) is 15.9. The molecule has 0 radical (unpaired) electrons. The van der Waals surface area contributed by atoms with Gasteiger partial charge < -0.3 is 20.5 Å². The van der Waals surface area contributed by atoms with E-state index >= 15 is 0 Å². The van der Waals surface area contributed by atoms with Crippen LogP contribution in [0.3, 0.4) is 0 Å². The van der Waals surface area contributed by atoms with Crippen molar-refractivity contribution in [3.05, 3.63) is 29.8 Å². The summed E-state index contributed by atoms with van der Waals surface area (Å²) in [6.45, 7) is 5.69. The van der Waals surface area contributed by atoms with Gasteiger partial charge in [0.1, 0.15) is 0 Å². The second-order valence-corrected chi connectivity index (χ2v) is 7.26. The SMILES string of the molecule is Cc1ccc(NC(=O)CSCC(=O)NCC(O)CN2CCOCC2)cc1. The quantitative estimate of drug-likeness (QED) is 0.576. The fourth-order valence-electron chi connectivity index (χ4n) is 2.50. The predicted octanol–water partition coefficient (Wildman–Crippen LogP) is 0.476. The molecule has 1 heterocycles. The van der Waals surface area contributed by atoms with Gasteiger partial charge in [0, 0.05) is 31.9 Å². The van der Waals surface area contributed by atoms with Crippen LogP contribution in [-0.4, -0.2) is 78.8 Å². The van der Waals surface area contributed by atoms with Gasteiger partial charge in [-0.15, -0.1) is 11.8 Å². The highest BCUT2D eigenvalue weighted by Gasteiger charge is 2.15. The molecule has 1 aromatic rings. The van der Waals surface area contributed by atoms with Crippen molar-refractivity contribution in [2.75, 3.05) is 56.2 Å². The van der Waals surface area contributed by atoms with Crippen LogP contribution < -0.4 is 10.6 Å². The van der Waals surface area contributed by atoms with E-state index in [1.54, 1.807) is 0 Å². The molecule has 1 aliphatic heterocycles. The van der Waals surface area contributed by atoms with Gasteiger partial charge in [0.05, 0.1) is 30.8 Å². The Morgan fingerprint density at radius 3 is 2.54 bits per heavy atom. The molecule has 1 saturated heterocycles. The Kier molecular flexibility index (Phi) is 8.90. The molecule has 3 N–H and O–H groups in total. The van der Waals surface area contributed by atoms with Gasteiger partial charge in [-0.25, -0.2) is 0 Å². The lowest BCUT2D eigenvalue weighted by molar-refractivity contribution is -0.119. The molecular formula is C18H27N3O4S. The number of hydrogen-bond acceptors (Lipinski definition) is 6. The molecule has 0 bridgehead atoms. The highest BCUT2D eigenvalue weighted by atomic mass is 32.2. The van der Waals surface area contributed by atoms with Crippen LogP contribution in [0.1, 0.15) is 5.56 Å². The fourth-order valence-corrected chi connectivity index (χ4v) is 3.15. The van der Waals surface area contributed by atoms with E-state index in [4.69, 9.17) is 4.74 Å². The van der Waals surface area contributed by atoms with Gasteiger partial charge in [0.25, 0.3) is 0 Å². The number of hydrogen-bond donors (Lipinski definition) is 3. The number of aliphatic hydroxyl groups excluding tert-OH is 1. The number of aliphatic hydroxyl groups is 1. The monoisotopic (exact) mass is 381 g/mol. The van der Waals surface area contributed by atoms with Crippen molar-refractivity contribution in [2.45, 2.75) is 13.0 Å². The number of thioether (sulfide) groups is 1. The number of rotatable bonds is 9. The van der Waals surface area contributed by atoms with Gasteiger partial charge in [-0.05, 0) is 19.1 Å². The van der Waals surface area contributed by atoms with E-state index in [2.05, 4.69) is 15.5 Å². The molecule has 0 spiro atoms. The van der Waals surface area contributed by atoms with E-state index in [0.29, 0.717) is 19.8 Å². The zero-order valence-electron chi connectivity index (χ0n) is 15.1. The summed E-state index contributed by atoms with van der Waals surface area (Å²) in [7, 11) is 0. The first-order chi connectivity index (χ1) is 12.5. The van der Waals surface area contributed by atoms with E-state index in [9.17, 15) is 14.7 Å². The van der Waals surface area contributed by atoms with E-state index in [1.165, 1.54) is 11.8 Å². The van der Waals surface area contributed by atoms with Crippen LogP contribution in [0.4, 0.5) is 5.69 Å². The summed E-state index contributed by atoms with van der Waals surface area (Å²) in [5.74, 6) is 0.0709. The summed E-state index contributed by atoms with van der Waals surface area (Å²) >= 11 is 1.25. The Morgan fingerprint density at radius 2 is 1.85 bits per heavy atom. The van der Waals surface area contributed by atoms with E-state index in [-0.39, 0.29) is 29.9 Å². The van der Waals surface area contributed by atoms with Crippen molar-refractivity contribution in [2.24, 2.45) is 0 Å². The maximum Gasteiger partial charge on any atom is 0.234 e. The number of carbonyl (C=O) groups excluding carboxylic acids is 2. The van der Waals surface area contributed by atoms with Gasteiger partial charge in [-0.1, -0.05) is 17.7 Å². The summed E-state index contributed by atoms with van der Waals surface area (Å²) in [5.41, 5.74) is 1.88. The molecule has 1 aliphatic rings. The molecule has 1 atom stereocenters. The van der Waals surface area contributed by atoms with Crippen molar-refractivity contribution >= 4 is 29.3 Å². The summed E-state index contributed by atoms with van der Waals surface area (Å²) < 4.78 is 5.26. The molecule has 144 valence electrons. The summed E-state index contributed by atoms with van der Waals surface area (Å²) in [6.07, 6.45) is -0.605. The average Bonchev–Trinajstić information content (AvgIpc) is 2.63. The third-order valence-electron chi connectivity index (χ3n) is 3.91. The first-order valence-corrected chi connectivity index (χ1v) is 9.87. The predicted molar refractivity (Wildman–Crippen MR) is 103 cm³/mol. The number of anilines is 1. The Balaban J connectivity index is 1.55. The molecular weight excluding hydrogens is 354 g/mol. The molecule has 8 heteroatoms. The third kappa shape index (κ3) is 8.18. The van der Waals surface area contributed by atoms with Gasteiger partial charge in [-0.3, -0.25) is 14.5 Å². The van der Waals surface area contributed by atoms with Crippen molar-refractivity contribution in [1.29, 1.82) is 0 Å². The average molecular weight is 381 g/mol. The lowest BCUT2D eigenvalue weighted by atomic mass is 10.2. The number of benzene rings is 1. The highest BCUT2D eigenvalue weighted by Crippen LogP contribution is 2.09. The number of β-amino-alcohol motifs (C(OH)–C–C–N with tert-alkyl or cyclic N) is 1. The summed E-state index contributed by atoms with van der Waals surface area (Å²) in [6, 6.07) is 7.55. The maximum atomic E-state index is 11.8. The van der Waals surface area contributed by atoms with Crippen LogP contribution >= 0.6 is 11.8 Å². The molecule has 1 fully saturated rings. The molecule has 1 aromatic carbocycles. The number of aryl methyl sites for hydroxylation is 1. The Hall–Kier alpha value is -1.61.